The minimum Gasteiger partial charge on any atom is -0.388 e. The van der Waals surface area contributed by atoms with Crippen LogP contribution in [0.1, 0.15) is 27.8 Å². The zero-order valence-electron chi connectivity index (χ0n) is 22.3. The third-order valence-electron chi connectivity index (χ3n) is 6.24. The van der Waals surface area contributed by atoms with E-state index in [-0.39, 0.29) is 0 Å². The number of nitrogen functional groups attached to an aromatic ring is 1. The van der Waals surface area contributed by atoms with Gasteiger partial charge < -0.3 is 26.7 Å². The van der Waals surface area contributed by atoms with Gasteiger partial charge in [-0.15, -0.1) is 0 Å². The SMILES string of the molecule is CNc1ccc(CN2CCN(C)CC2)c(C(F)(F)F)c1.N=Cc1cc(C#Cc2cccc(NC=O)c2)cnc1N. The molecule has 0 aliphatic carbocycles. The van der Waals surface area contributed by atoms with E-state index in [0.29, 0.717) is 46.8 Å². The van der Waals surface area contributed by atoms with Gasteiger partial charge in [0.1, 0.15) is 5.82 Å². The summed E-state index contributed by atoms with van der Waals surface area (Å²) in [6.45, 7) is 3.77. The molecule has 1 saturated heterocycles. The van der Waals surface area contributed by atoms with Crippen molar-refractivity contribution in [3.8, 4) is 11.8 Å². The summed E-state index contributed by atoms with van der Waals surface area (Å²) in [5.41, 5.74) is 8.56. The molecule has 0 atom stereocenters. The molecule has 0 radical (unpaired) electrons. The number of hydrogen-bond donors (Lipinski definition) is 4. The summed E-state index contributed by atoms with van der Waals surface area (Å²) in [6.07, 6.45) is -0.993. The van der Waals surface area contributed by atoms with Gasteiger partial charge in [0, 0.05) is 80.2 Å². The maximum atomic E-state index is 13.1. The number of carbonyl (C=O) groups excluding carboxylic acids is 1. The molecule has 2 aromatic carbocycles. The number of rotatable bonds is 6. The van der Waals surface area contributed by atoms with Crippen molar-refractivity contribution >= 4 is 29.8 Å². The highest BCUT2D eigenvalue weighted by molar-refractivity contribution is 5.83. The van der Waals surface area contributed by atoms with E-state index in [1.165, 1.54) is 6.07 Å². The number of hydrogen-bond acceptors (Lipinski definition) is 7. The Hall–Kier alpha value is -4.40. The number of nitrogens with one attached hydrogen (secondary N) is 3. The summed E-state index contributed by atoms with van der Waals surface area (Å²) in [4.78, 5) is 18.6. The lowest BCUT2D eigenvalue weighted by atomic mass is 10.0. The van der Waals surface area contributed by atoms with Crippen LogP contribution in [0.5, 0.6) is 0 Å². The highest BCUT2D eigenvalue weighted by Crippen LogP contribution is 2.34. The van der Waals surface area contributed by atoms with Gasteiger partial charge in [0.05, 0.1) is 5.56 Å². The standard InChI is InChI=1S/C15H12N4O.C14H20F3N3/c16-8-13-6-12(9-18-15(13)17)5-4-11-2-1-3-14(7-11)19-10-20;1-18-12-4-3-11(13(9-12)14(15,16)17)10-20-7-5-19(2)6-8-20/h1-3,6-10,16H,(H2,17,18)(H,19,20);3-4,9,18H,5-8,10H2,1-2H3. The first-order valence-corrected chi connectivity index (χ1v) is 12.5. The second-order valence-electron chi connectivity index (χ2n) is 9.13. The number of nitrogens with zero attached hydrogens (tertiary/aromatic N) is 3. The van der Waals surface area contributed by atoms with Crippen molar-refractivity contribution in [3.63, 3.8) is 0 Å². The molecule has 3 aromatic rings. The van der Waals surface area contributed by atoms with Crippen LogP contribution >= 0.6 is 0 Å². The lowest BCUT2D eigenvalue weighted by Crippen LogP contribution is -2.44. The molecule has 1 aliphatic rings. The summed E-state index contributed by atoms with van der Waals surface area (Å²) >= 11 is 0. The third-order valence-corrected chi connectivity index (χ3v) is 6.24. The molecule has 1 aliphatic heterocycles. The number of likely N-dealkylation sites (N-methyl/N-ethyl adjacent to an activating group) is 1. The van der Waals surface area contributed by atoms with E-state index in [0.717, 1.165) is 38.0 Å². The molecular formula is C29H32F3N7O. The first-order chi connectivity index (χ1) is 19.1. The summed E-state index contributed by atoms with van der Waals surface area (Å²) < 4.78 is 39.4. The van der Waals surface area contributed by atoms with E-state index < -0.39 is 11.7 Å². The maximum absolute atomic E-state index is 13.1. The summed E-state index contributed by atoms with van der Waals surface area (Å²) in [6, 6.07) is 13.3. The molecule has 0 spiro atoms. The fourth-order valence-corrected chi connectivity index (χ4v) is 3.96. The number of piperazine rings is 1. The van der Waals surface area contributed by atoms with Gasteiger partial charge in [0.15, 0.2) is 0 Å². The van der Waals surface area contributed by atoms with Crippen LogP contribution < -0.4 is 16.4 Å². The Morgan fingerprint density at radius 1 is 1.05 bits per heavy atom. The summed E-state index contributed by atoms with van der Waals surface area (Å²) in [5.74, 6) is 6.22. The van der Waals surface area contributed by atoms with Gasteiger partial charge in [-0.2, -0.15) is 13.2 Å². The molecule has 4 rings (SSSR count). The minimum atomic E-state index is -4.31. The van der Waals surface area contributed by atoms with Gasteiger partial charge in [0.25, 0.3) is 0 Å². The van der Waals surface area contributed by atoms with Crippen molar-refractivity contribution in [2.24, 2.45) is 0 Å². The number of anilines is 3. The first-order valence-electron chi connectivity index (χ1n) is 12.5. The molecule has 210 valence electrons. The number of nitrogens with two attached hydrogens (primary N) is 1. The quantitative estimate of drug-likeness (QED) is 0.208. The van der Waals surface area contributed by atoms with Crippen molar-refractivity contribution in [3.05, 3.63) is 82.5 Å². The molecular weight excluding hydrogens is 519 g/mol. The first kappa shape index (κ1) is 30.1. The number of halogens is 3. The van der Waals surface area contributed by atoms with Crippen LogP contribution in [0.15, 0.2) is 54.7 Å². The number of amides is 1. The van der Waals surface area contributed by atoms with Crippen molar-refractivity contribution < 1.29 is 18.0 Å². The van der Waals surface area contributed by atoms with Crippen LogP contribution in [0.3, 0.4) is 0 Å². The van der Waals surface area contributed by atoms with Crippen LogP contribution in [-0.4, -0.2) is 67.7 Å². The summed E-state index contributed by atoms with van der Waals surface area (Å²) in [5, 5.41) is 12.5. The van der Waals surface area contributed by atoms with Crippen LogP contribution in [0.4, 0.5) is 30.4 Å². The molecule has 0 saturated carbocycles. The molecule has 8 nitrogen and oxygen atoms in total. The zero-order chi connectivity index (χ0) is 29.1. The zero-order valence-corrected chi connectivity index (χ0v) is 22.3. The Morgan fingerprint density at radius 2 is 1.77 bits per heavy atom. The number of aromatic nitrogens is 1. The molecule has 1 fully saturated rings. The van der Waals surface area contributed by atoms with Crippen LogP contribution in [0.25, 0.3) is 0 Å². The van der Waals surface area contributed by atoms with Gasteiger partial charge in [-0.25, -0.2) is 4.98 Å². The highest BCUT2D eigenvalue weighted by atomic mass is 19.4. The molecule has 5 N–H and O–H groups in total. The monoisotopic (exact) mass is 551 g/mol. The van der Waals surface area contributed by atoms with E-state index in [1.54, 1.807) is 49.6 Å². The molecule has 1 amide bonds. The lowest BCUT2D eigenvalue weighted by molar-refractivity contribution is -0.138. The number of carbonyl (C=O) groups is 1. The second kappa shape index (κ2) is 14.1. The van der Waals surface area contributed by atoms with Crippen molar-refractivity contribution in [2.75, 3.05) is 56.6 Å². The molecule has 0 unspecified atom stereocenters. The number of pyridine rings is 1. The number of benzene rings is 2. The lowest BCUT2D eigenvalue weighted by Gasteiger charge is -2.33. The van der Waals surface area contributed by atoms with E-state index in [9.17, 15) is 18.0 Å². The average molecular weight is 552 g/mol. The molecule has 0 bridgehead atoms. The molecule has 11 heteroatoms. The van der Waals surface area contributed by atoms with Gasteiger partial charge >= 0.3 is 6.18 Å². The maximum Gasteiger partial charge on any atom is 0.416 e. The highest BCUT2D eigenvalue weighted by Gasteiger charge is 2.34. The average Bonchev–Trinajstić information content (AvgIpc) is 2.94. The molecule has 40 heavy (non-hydrogen) atoms. The van der Waals surface area contributed by atoms with E-state index in [2.05, 4.69) is 37.3 Å². The van der Waals surface area contributed by atoms with Crippen molar-refractivity contribution in [1.29, 1.82) is 5.41 Å². The Kier molecular flexibility index (Phi) is 10.6. The minimum absolute atomic E-state index is 0.308. The Bertz CT molecular complexity index is 1370. The Balaban J connectivity index is 0.000000220. The fourth-order valence-electron chi connectivity index (χ4n) is 3.96. The van der Waals surface area contributed by atoms with Gasteiger partial charge in [-0.3, -0.25) is 9.69 Å². The van der Waals surface area contributed by atoms with Crippen molar-refractivity contribution in [2.45, 2.75) is 12.7 Å². The summed E-state index contributed by atoms with van der Waals surface area (Å²) in [7, 11) is 3.65. The van der Waals surface area contributed by atoms with Crippen LogP contribution in [-0.2, 0) is 17.5 Å². The van der Waals surface area contributed by atoms with E-state index >= 15 is 0 Å². The molecule has 1 aromatic heterocycles. The van der Waals surface area contributed by atoms with Crippen molar-refractivity contribution in [1.82, 2.24) is 14.8 Å². The largest absolute Gasteiger partial charge is 0.416 e. The second-order valence-corrected chi connectivity index (χ2v) is 9.13. The molecule has 2 heterocycles. The smallest absolute Gasteiger partial charge is 0.388 e. The van der Waals surface area contributed by atoms with E-state index in [1.807, 2.05) is 13.1 Å². The predicted octanol–water partition coefficient (Wildman–Crippen LogP) is 4.12. The third kappa shape index (κ3) is 8.83. The van der Waals surface area contributed by atoms with Crippen LogP contribution in [0, 0.1) is 17.3 Å². The Labute approximate surface area is 231 Å². The topological polar surface area (TPSA) is 110 Å². The number of alkyl halides is 3. The van der Waals surface area contributed by atoms with Crippen LogP contribution in [0.2, 0.25) is 0 Å². The Morgan fingerprint density at radius 3 is 2.42 bits per heavy atom. The predicted molar refractivity (Wildman–Crippen MR) is 152 cm³/mol. The van der Waals surface area contributed by atoms with Gasteiger partial charge in [0.2, 0.25) is 6.41 Å². The van der Waals surface area contributed by atoms with Gasteiger partial charge in [-0.05, 0) is 49.0 Å². The normalized spacial score (nSPS) is 13.7. The van der Waals surface area contributed by atoms with Gasteiger partial charge in [-0.1, -0.05) is 24.0 Å². The van der Waals surface area contributed by atoms with E-state index in [4.69, 9.17) is 11.1 Å². The fraction of sp³-hybridized carbons (Fsp3) is 0.276.